The molecule has 0 radical (unpaired) electrons. The number of nitrogen functional groups attached to an aromatic ring is 1. The van der Waals surface area contributed by atoms with E-state index in [1.54, 1.807) is 30.2 Å². The molecule has 0 bridgehead atoms. The highest BCUT2D eigenvalue weighted by Gasteiger charge is 2.13. The van der Waals surface area contributed by atoms with Crippen LogP contribution in [0.4, 0.5) is 5.95 Å². The lowest BCUT2D eigenvalue weighted by molar-refractivity contribution is 0.991. The number of benzene rings is 1. The highest BCUT2D eigenvalue weighted by molar-refractivity contribution is 7.99. The Morgan fingerprint density at radius 2 is 1.88 bits per heavy atom. The van der Waals surface area contributed by atoms with E-state index in [9.17, 15) is 0 Å². The minimum absolute atomic E-state index is 0.238. The highest BCUT2D eigenvalue weighted by atomic mass is 32.2. The van der Waals surface area contributed by atoms with Crippen molar-refractivity contribution in [2.45, 2.75) is 16.8 Å². The second-order valence-corrected chi connectivity index (χ2v) is 6.31. The minimum atomic E-state index is 0.238. The third-order valence-corrected chi connectivity index (χ3v) is 4.53. The number of hydrogen-bond acceptors (Lipinski definition) is 6. The minimum Gasteiger partial charge on any atom is -0.368 e. The predicted molar refractivity (Wildman–Crippen MR) is 93.7 cm³/mol. The number of nitrogens with two attached hydrogens (primary N) is 1. The SMILES string of the molecule is Cc1c(-c2ccnc(N)n2)nc2cnc(Sc3ccccc3)cn12. The van der Waals surface area contributed by atoms with Crippen molar-refractivity contribution in [2.24, 2.45) is 0 Å². The van der Waals surface area contributed by atoms with Crippen molar-refractivity contribution in [1.29, 1.82) is 0 Å². The lowest BCUT2D eigenvalue weighted by atomic mass is 10.2. The third kappa shape index (κ3) is 2.69. The fraction of sp³-hybridized carbons (Fsp3) is 0.0588. The van der Waals surface area contributed by atoms with Gasteiger partial charge < -0.3 is 5.73 Å². The van der Waals surface area contributed by atoms with Crippen molar-refractivity contribution < 1.29 is 0 Å². The van der Waals surface area contributed by atoms with Crippen molar-refractivity contribution >= 4 is 23.4 Å². The van der Waals surface area contributed by atoms with Gasteiger partial charge in [-0.05, 0) is 25.1 Å². The standard InChI is InChI=1S/C17H14N6S/c1-11-16(13-7-8-19-17(18)21-13)22-14-9-20-15(10-23(11)14)24-12-5-3-2-4-6-12/h2-10H,1H3,(H2,18,19,21). The van der Waals surface area contributed by atoms with Gasteiger partial charge >= 0.3 is 0 Å². The normalized spacial score (nSPS) is 11.0. The van der Waals surface area contributed by atoms with Crippen molar-refractivity contribution in [3.8, 4) is 11.4 Å². The lowest BCUT2D eigenvalue weighted by Gasteiger charge is -2.03. The Hall–Kier alpha value is -2.93. The Bertz CT molecular complexity index is 1010. The zero-order chi connectivity index (χ0) is 16.5. The van der Waals surface area contributed by atoms with E-state index in [1.807, 2.05) is 35.7 Å². The van der Waals surface area contributed by atoms with E-state index < -0.39 is 0 Å². The molecule has 0 saturated heterocycles. The van der Waals surface area contributed by atoms with Crippen LogP contribution < -0.4 is 5.73 Å². The number of fused-ring (bicyclic) bond motifs is 1. The van der Waals surface area contributed by atoms with Gasteiger partial charge in [0.25, 0.3) is 0 Å². The molecule has 118 valence electrons. The van der Waals surface area contributed by atoms with Crippen molar-refractivity contribution in [2.75, 3.05) is 5.73 Å². The van der Waals surface area contributed by atoms with E-state index in [1.165, 1.54) is 0 Å². The van der Waals surface area contributed by atoms with Gasteiger partial charge in [0, 0.05) is 23.0 Å². The summed E-state index contributed by atoms with van der Waals surface area (Å²) in [6.07, 6.45) is 5.39. The van der Waals surface area contributed by atoms with Gasteiger partial charge in [-0.2, -0.15) is 0 Å². The van der Waals surface area contributed by atoms with Crippen LogP contribution in [0.2, 0.25) is 0 Å². The average Bonchev–Trinajstić information content (AvgIpc) is 2.93. The molecular formula is C17H14N6S. The molecule has 0 atom stereocenters. The Kier molecular flexibility index (Phi) is 3.62. The van der Waals surface area contributed by atoms with Gasteiger partial charge in [-0.3, -0.25) is 4.40 Å². The number of anilines is 1. The molecule has 1 aromatic carbocycles. The molecule has 4 aromatic rings. The molecular weight excluding hydrogens is 320 g/mol. The van der Waals surface area contributed by atoms with Crippen molar-refractivity contribution in [3.05, 3.63) is 60.7 Å². The first-order valence-corrected chi connectivity index (χ1v) is 8.19. The van der Waals surface area contributed by atoms with Crippen molar-refractivity contribution in [3.63, 3.8) is 0 Å². The summed E-state index contributed by atoms with van der Waals surface area (Å²) >= 11 is 1.61. The molecule has 0 aliphatic heterocycles. The summed E-state index contributed by atoms with van der Waals surface area (Å²) in [5.74, 6) is 0.238. The van der Waals surface area contributed by atoms with Gasteiger partial charge in [0.2, 0.25) is 5.95 Å². The molecule has 7 heteroatoms. The zero-order valence-electron chi connectivity index (χ0n) is 12.9. The van der Waals surface area contributed by atoms with Gasteiger partial charge in [0.15, 0.2) is 5.65 Å². The van der Waals surface area contributed by atoms with Crippen LogP contribution in [0.5, 0.6) is 0 Å². The Balaban J connectivity index is 1.76. The molecule has 3 aromatic heterocycles. The molecule has 0 unspecified atom stereocenters. The largest absolute Gasteiger partial charge is 0.368 e. The number of aryl methyl sites for hydroxylation is 1. The topological polar surface area (TPSA) is 82.0 Å². The maximum Gasteiger partial charge on any atom is 0.220 e. The molecule has 2 N–H and O–H groups in total. The molecule has 4 rings (SSSR count). The summed E-state index contributed by atoms with van der Waals surface area (Å²) in [7, 11) is 0. The molecule has 24 heavy (non-hydrogen) atoms. The maximum absolute atomic E-state index is 5.68. The third-order valence-electron chi connectivity index (χ3n) is 3.61. The average molecular weight is 334 g/mol. The summed E-state index contributed by atoms with van der Waals surface area (Å²) in [6, 6.07) is 12.0. The first-order valence-electron chi connectivity index (χ1n) is 7.37. The van der Waals surface area contributed by atoms with E-state index in [0.29, 0.717) is 5.69 Å². The molecule has 0 aliphatic carbocycles. The molecule has 0 saturated carbocycles. The summed E-state index contributed by atoms with van der Waals surface area (Å²) in [4.78, 5) is 18.4. The van der Waals surface area contributed by atoms with Crippen LogP contribution in [0.1, 0.15) is 5.69 Å². The van der Waals surface area contributed by atoms with Crippen LogP contribution in [0.25, 0.3) is 17.0 Å². The Morgan fingerprint density at radius 3 is 2.67 bits per heavy atom. The predicted octanol–water partition coefficient (Wildman–Crippen LogP) is 3.23. The van der Waals surface area contributed by atoms with E-state index in [0.717, 1.165) is 27.0 Å². The fourth-order valence-corrected chi connectivity index (χ4v) is 3.26. The molecule has 0 spiro atoms. The molecule has 6 nitrogen and oxygen atoms in total. The van der Waals surface area contributed by atoms with Crippen LogP contribution >= 0.6 is 11.8 Å². The second-order valence-electron chi connectivity index (χ2n) is 5.21. The molecule has 0 fully saturated rings. The van der Waals surface area contributed by atoms with Crippen LogP contribution in [-0.2, 0) is 0 Å². The van der Waals surface area contributed by atoms with Crippen molar-refractivity contribution in [1.82, 2.24) is 24.3 Å². The van der Waals surface area contributed by atoms with E-state index in [4.69, 9.17) is 5.73 Å². The number of imidazole rings is 1. The smallest absolute Gasteiger partial charge is 0.220 e. The summed E-state index contributed by atoms with van der Waals surface area (Å²) in [6.45, 7) is 2.00. The van der Waals surface area contributed by atoms with Crippen LogP contribution in [0.15, 0.2) is 64.9 Å². The molecule has 0 aliphatic rings. The monoisotopic (exact) mass is 334 g/mol. The van der Waals surface area contributed by atoms with Gasteiger partial charge in [-0.25, -0.2) is 19.9 Å². The van der Waals surface area contributed by atoms with Gasteiger partial charge in [-0.1, -0.05) is 30.0 Å². The highest BCUT2D eigenvalue weighted by Crippen LogP contribution is 2.28. The van der Waals surface area contributed by atoms with Gasteiger partial charge in [-0.15, -0.1) is 0 Å². The molecule has 3 heterocycles. The first kappa shape index (κ1) is 14.6. The molecule has 0 amide bonds. The zero-order valence-corrected chi connectivity index (χ0v) is 13.7. The first-order chi connectivity index (χ1) is 11.7. The van der Waals surface area contributed by atoms with Crippen LogP contribution in [-0.4, -0.2) is 24.3 Å². The summed E-state index contributed by atoms with van der Waals surface area (Å²) in [5.41, 5.74) is 8.93. The van der Waals surface area contributed by atoms with E-state index in [-0.39, 0.29) is 5.95 Å². The number of hydrogen-bond donors (Lipinski definition) is 1. The van der Waals surface area contributed by atoms with Crippen LogP contribution in [0, 0.1) is 6.92 Å². The number of rotatable bonds is 3. The van der Waals surface area contributed by atoms with E-state index >= 15 is 0 Å². The number of nitrogens with zero attached hydrogens (tertiary/aromatic N) is 5. The van der Waals surface area contributed by atoms with Crippen LogP contribution in [0.3, 0.4) is 0 Å². The van der Waals surface area contributed by atoms with E-state index in [2.05, 4.69) is 32.1 Å². The number of aromatic nitrogens is 5. The lowest BCUT2D eigenvalue weighted by Crippen LogP contribution is -1.96. The Labute approximate surface area is 142 Å². The fourth-order valence-electron chi connectivity index (χ4n) is 2.46. The summed E-state index contributed by atoms with van der Waals surface area (Å²) in [5, 5.41) is 0.906. The van der Waals surface area contributed by atoms with Gasteiger partial charge in [0.1, 0.15) is 10.7 Å². The summed E-state index contributed by atoms with van der Waals surface area (Å²) < 4.78 is 2.02. The van der Waals surface area contributed by atoms with Gasteiger partial charge in [0.05, 0.1) is 11.9 Å². The quantitative estimate of drug-likeness (QED) is 0.619. The Morgan fingerprint density at radius 1 is 1.04 bits per heavy atom. The second kappa shape index (κ2) is 5.93. The maximum atomic E-state index is 5.68.